The Morgan fingerprint density at radius 3 is 2.44 bits per heavy atom. The number of hydrogen-bond acceptors (Lipinski definition) is 3. The van der Waals surface area contributed by atoms with Crippen molar-refractivity contribution in [3.63, 3.8) is 0 Å². The van der Waals surface area contributed by atoms with Gasteiger partial charge in [-0.2, -0.15) is 0 Å². The van der Waals surface area contributed by atoms with Gasteiger partial charge in [0.25, 0.3) is 0 Å². The van der Waals surface area contributed by atoms with Crippen LogP contribution in [0.2, 0.25) is 19.6 Å². The summed E-state index contributed by atoms with van der Waals surface area (Å²) in [5.41, 5.74) is 0. The molecule has 0 rings (SSSR count). The molecule has 0 bridgehead atoms. The van der Waals surface area contributed by atoms with Crippen molar-refractivity contribution in [3.05, 3.63) is 24.5 Å². The number of carbonyl (C=O) groups excluding carboxylic acids is 1. The molecule has 16 heavy (non-hydrogen) atoms. The smallest absolute Gasteiger partial charge is 0.334 e. The Kier molecular flexibility index (Phi) is 6.81. The van der Waals surface area contributed by atoms with Gasteiger partial charge in [0.2, 0.25) is 8.32 Å². The maximum atomic E-state index is 11.3. The first-order chi connectivity index (χ1) is 7.39. The molecule has 0 N–H and O–H groups in total. The number of rotatable bonds is 7. The third-order valence-corrected chi connectivity index (χ3v) is 2.47. The minimum atomic E-state index is -1.67. The molecule has 3 nitrogen and oxygen atoms in total. The summed E-state index contributed by atoms with van der Waals surface area (Å²) in [5.74, 6) is 0.373. The second kappa shape index (κ2) is 7.27. The van der Waals surface area contributed by atoms with Crippen LogP contribution in [-0.2, 0) is 14.0 Å². The van der Waals surface area contributed by atoms with Crippen LogP contribution in [0, 0.1) is 0 Å². The van der Waals surface area contributed by atoms with E-state index in [0.29, 0.717) is 18.8 Å². The highest BCUT2D eigenvalue weighted by Gasteiger charge is 2.18. The molecule has 0 spiro atoms. The third-order valence-electron chi connectivity index (χ3n) is 1.60. The van der Waals surface area contributed by atoms with Gasteiger partial charge in [-0.25, -0.2) is 4.79 Å². The average Bonchev–Trinajstić information content (AvgIpc) is 2.12. The zero-order valence-corrected chi connectivity index (χ0v) is 11.7. The minimum absolute atomic E-state index is 0.334. The maximum absolute atomic E-state index is 11.3. The van der Waals surface area contributed by atoms with E-state index in [1.807, 2.05) is 6.08 Å². The summed E-state index contributed by atoms with van der Waals surface area (Å²) in [6.07, 6.45) is 4.76. The van der Waals surface area contributed by atoms with Gasteiger partial charge in [-0.3, -0.25) is 0 Å². The van der Waals surface area contributed by atoms with Crippen LogP contribution in [0.5, 0.6) is 0 Å². The highest BCUT2D eigenvalue weighted by Crippen LogP contribution is 2.15. The fourth-order valence-electron chi connectivity index (χ4n) is 1.11. The molecule has 0 unspecified atom stereocenters. The molecule has 0 aliphatic carbocycles. The zero-order valence-electron chi connectivity index (χ0n) is 10.7. The molecule has 0 aliphatic rings. The van der Waals surface area contributed by atoms with Crippen LogP contribution in [0.25, 0.3) is 0 Å². The summed E-state index contributed by atoms with van der Waals surface area (Å²) in [6, 6.07) is 0. The standard InChI is InChI=1S/C12H22O3Si/c1-6-8-9-11(15-16(3,4)5)10-12(13)14-7-2/h6,10H,1,7-9H2,2-5H3/b11-10+. The fraction of sp³-hybridized carbons (Fsp3) is 0.583. The largest absolute Gasteiger partial charge is 0.547 e. The van der Waals surface area contributed by atoms with Gasteiger partial charge in [-0.05, 0) is 33.0 Å². The molecule has 92 valence electrons. The zero-order chi connectivity index (χ0) is 12.6. The quantitative estimate of drug-likeness (QED) is 0.226. The molecule has 0 amide bonds. The van der Waals surface area contributed by atoms with Crippen molar-refractivity contribution >= 4 is 14.3 Å². The molecule has 0 heterocycles. The van der Waals surface area contributed by atoms with Gasteiger partial charge in [0.15, 0.2) is 0 Å². The topological polar surface area (TPSA) is 35.5 Å². The molecule has 0 aromatic rings. The normalized spacial score (nSPS) is 12.1. The van der Waals surface area contributed by atoms with Crippen molar-refractivity contribution in [3.8, 4) is 0 Å². The Morgan fingerprint density at radius 2 is 2.00 bits per heavy atom. The molecule has 0 radical (unpaired) electrons. The van der Waals surface area contributed by atoms with Crippen LogP contribution in [0.4, 0.5) is 0 Å². The number of allylic oxidation sites excluding steroid dienone is 2. The lowest BCUT2D eigenvalue weighted by Crippen LogP contribution is -2.25. The van der Waals surface area contributed by atoms with Crippen molar-refractivity contribution in [1.29, 1.82) is 0 Å². The van der Waals surface area contributed by atoms with Gasteiger partial charge < -0.3 is 9.16 Å². The average molecular weight is 242 g/mol. The molecule has 0 fully saturated rings. The lowest BCUT2D eigenvalue weighted by Gasteiger charge is -2.21. The van der Waals surface area contributed by atoms with E-state index in [0.717, 1.165) is 6.42 Å². The molecule has 0 saturated carbocycles. The highest BCUT2D eigenvalue weighted by atomic mass is 28.4. The molecule has 4 heteroatoms. The van der Waals surface area contributed by atoms with Gasteiger partial charge in [0.1, 0.15) is 0 Å². The van der Waals surface area contributed by atoms with E-state index in [9.17, 15) is 4.79 Å². The predicted molar refractivity (Wildman–Crippen MR) is 68.6 cm³/mol. The van der Waals surface area contributed by atoms with Gasteiger partial charge in [-0.15, -0.1) is 6.58 Å². The Labute approximate surface area is 99.3 Å². The van der Waals surface area contributed by atoms with Crippen molar-refractivity contribution in [2.75, 3.05) is 6.61 Å². The van der Waals surface area contributed by atoms with E-state index in [-0.39, 0.29) is 5.97 Å². The Balaban J connectivity index is 4.52. The number of carbonyl (C=O) groups is 1. The first kappa shape index (κ1) is 15.0. The van der Waals surface area contributed by atoms with Gasteiger partial charge in [0.05, 0.1) is 18.4 Å². The third kappa shape index (κ3) is 8.29. The van der Waals surface area contributed by atoms with Crippen molar-refractivity contribution in [2.45, 2.75) is 39.4 Å². The van der Waals surface area contributed by atoms with E-state index in [1.54, 1.807) is 6.92 Å². The van der Waals surface area contributed by atoms with Crippen LogP contribution < -0.4 is 0 Å². The second-order valence-corrected chi connectivity index (χ2v) is 8.83. The van der Waals surface area contributed by atoms with Crippen molar-refractivity contribution in [1.82, 2.24) is 0 Å². The van der Waals surface area contributed by atoms with Crippen LogP contribution in [0.1, 0.15) is 19.8 Å². The SMILES string of the molecule is C=CCC/C(=C\C(=O)OCC)O[Si](C)(C)C. The monoisotopic (exact) mass is 242 g/mol. The predicted octanol–water partition coefficient (Wildman–Crippen LogP) is 3.25. The molecular weight excluding hydrogens is 220 g/mol. The molecule has 0 saturated heterocycles. The van der Waals surface area contributed by atoms with Crippen LogP contribution in [-0.4, -0.2) is 20.9 Å². The summed E-state index contributed by atoms with van der Waals surface area (Å²) in [7, 11) is -1.67. The summed E-state index contributed by atoms with van der Waals surface area (Å²) in [6.45, 7) is 12.1. The Hall–Kier alpha value is -1.03. The van der Waals surface area contributed by atoms with Crippen LogP contribution in [0.3, 0.4) is 0 Å². The van der Waals surface area contributed by atoms with E-state index in [2.05, 4.69) is 26.2 Å². The summed E-state index contributed by atoms with van der Waals surface area (Å²) < 4.78 is 10.7. The number of hydrogen-bond donors (Lipinski definition) is 0. The van der Waals surface area contributed by atoms with E-state index < -0.39 is 8.32 Å². The molecule has 0 aromatic heterocycles. The van der Waals surface area contributed by atoms with E-state index >= 15 is 0 Å². The van der Waals surface area contributed by atoms with E-state index in [1.165, 1.54) is 6.08 Å². The highest BCUT2D eigenvalue weighted by molar-refractivity contribution is 6.70. The minimum Gasteiger partial charge on any atom is -0.547 e. The van der Waals surface area contributed by atoms with E-state index in [4.69, 9.17) is 9.16 Å². The van der Waals surface area contributed by atoms with Crippen LogP contribution >= 0.6 is 0 Å². The Morgan fingerprint density at radius 1 is 1.38 bits per heavy atom. The van der Waals surface area contributed by atoms with Gasteiger partial charge >= 0.3 is 5.97 Å². The Bertz CT molecular complexity index is 264. The van der Waals surface area contributed by atoms with Crippen molar-refractivity contribution in [2.24, 2.45) is 0 Å². The molecule has 0 atom stereocenters. The van der Waals surface area contributed by atoms with Crippen LogP contribution in [0.15, 0.2) is 24.5 Å². The summed E-state index contributed by atoms with van der Waals surface area (Å²) in [5, 5.41) is 0. The molecular formula is C12H22O3Si. The summed E-state index contributed by atoms with van der Waals surface area (Å²) in [4.78, 5) is 11.3. The van der Waals surface area contributed by atoms with Gasteiger partial charge in [0, 0.05) is 6.42 Å². The fourth-order valence-corrected chi connectivity index (χ4v) is 2.05. The molecule has 0 aromatic carbocycles. The van der Waals surface area contributed by atoms with Gasteiger partial charge in [-0.1, -0.05) is 6.08 Å². The lowest BCUT2D eigenvalue weighted by atomic mass is 10.2. The number of esters is 1. The van der Waals surface area contributed by atoms with Crippen molar-refractivity contribution < 1.29 is 14.0 Å². The summed E-state index contributed by atoms with van der Waals surface area (Å²) >= 11 is 0. The number of ether oxygens (including phenoxy) is 1. The first-order valence-electron chi connectivity index (χ1n) is 5.56. The first-order valence-corrected chi connectivity index (χ1v) is 8.97. The molecule has 0 aliphatic heterocycles. The lowest BCUT2D eigenvalue weighted by molar-refractivity contribution is -0.137. The maximum Gasteiger partial charge on any atom is 0.334 e. The second-order valence-electron chi connectivity index (χ2n) is 4.40.